The summed E-state index contributed by atoms with van der Waals surface area (Å²) in [5.74, 6) is 0.184. The molecule has 4 nitrogen and oxygen atoms in total. The number of alkyl halides is 3. The lowest BCUT2D eigenvalue weighted by Gasteiger charge is -2.12. The number of aryl methyl sites for hydroxylation is 1. The lowest BCUT2D eigenvalue weighted by molar-refractivity contribution is -0.138. The van der Waals surface area contributed by atoms with Gasteiger partial charge in [0.2, 0.25) is 5.95 Å². The van der Waals surface area contributed by atoms with Gasteiger partial charge < -0.3 is 5.73 Å². The van der Waals surface area contributed by atoms with Crippen LogP contribution in [0.4, 0.5) is 19.1 Å². The van der Waals surface area contributed by atoms with Gasteiger partial charge in [0, 0.05) is 5.56 Å². The van der Waals surface area contributed by atoms with Crippen molar-refractivity contribution in [2.24, 2.45) is 5.10 Å². The van der Waals surface area contributed by atoms with E-state index in [0.717, 1.165) is 6.07 Å². The maximum atomic E-state index is 12.7. The molecule has 8 heteroatoms. The summed E-state index contributed by atoms with van der Waals surface area (Å²) in [6, 6.07) is 2.24. The first-order valence-corrected chi connectivity index (χ1v) is 6.30. The fraction of sp³-hybridized carbons (Fsp3) is 0.231. The molecule has 0 amide bonds. The number of hydrogen-bond acceptors (Lipinski definition) is 3. The zero-order valence-electron chi connectivity index (χ0n) is 11.2. The minimum absolute atomic E-state index is 0.00369. The predicted octanol–water partition coefficient (Wildman–Crippen LogP) is 3.64. The van der Waals surface area contributed by atoms with Gasteiger partial charge in [0.15, 0.2) is 0 Å². The van der Waals surface area contributed by atoms with E-state index in [1.165, 1.54) is 23.9 Å². The fourth-order valence-electron chi connectivity index (χ4n) is 1.83. The van der Waals surface area contributed by atoms with Crippen LogP contribution in [0.5, 0.6) is 0 Å². The summed E-state index contributed by atoms with van der Waals surface area (Å²) in [4.78, 5) is 3.95. The van der Waals surface area contributed by atoms with Crippen molar-refractivity contribution in [1.82, 2.24) is 9.66 Å². The summed E-state index contributed by atoms with van der Waals surface area (Å²) in [6.07, 6.45) is -1.50. The van der Waals surface area contributed by atoms with Crippen molar-refractivity contribution in [3.8, 4) is 0 Å². The summed E-state index contributed by atoms with van der Waals surface area (Å²) in [5, 5.41) is 4.03. The summed E-state index contributed by atoms with van der Waals surface area (Å²) < 4.78 is 39.6. The van der Waals surface area contributed by atoms with E-state index in [9.17, 15) is 13.2 Å². The first-order chi connectivity index (χ1) is 9.70. The summed E-state index contributed by atoms with van der Waals surface area (Å²) >= 11 is 5.97. The topological polar surface area (TPSA) is 56.2 Å². The van der Waals surface area contributed by atoms with Crippen LogP contribution in [0.2, 0.25) is 5.02 Å². The lowest BCUT2D eigenvalue weighted by Crippen LogP contribution is -2.08. The van der Waals surface area contributed by atoms with E-state index in [4.69, 9.17) is 17.3 Å². The van der Waals surface area contributed by atoms with Crippen molar-refractivity contribution < 1.29 is 13.2 Å². The van der Waals surface area contributed by atoms with Gasteiger partial charge in [-0.15, -0.1) is 0 Å². The van der Waals surface area contributed by atoms with Crippen LogP contribution in [0.1, 0.15) is 22.4 Å². The molecule has 0 spiro atoms. The molecule has 112 valence electrons. The van der Waals surface area contributed by atoms with Gasteiger partial charge in [-0.25, -0.2) is 9.66 Å². The van der Waals surface area contributed by atoms with Crippen molar-refractivity contribution >= 4 is 23.8 Å². The predicted molar refractivity (Wildman–Crippen MR) is 75.6 cm³/mol. The molecular formula is C13H12ClF3N4. The molecule has 0 saturated heterocycles. The third kappa shape index (κ3) is 3.18. The smallest absolute Gasteiger partial charge is 0.368 e. The van der Waals surface area contributed by atoms with Crippen LogP contribution in [-0.4, -0.2) is 15.9 Å². The monoisotopic (exact) mass is 316 g/mol. The van der Waals surface area contributed by atoms with Crippen LogP contribution in [0.15, 0.2) is 23.4 Å². The van der Waals surface area contributed by atoms with Crippen LogP contribution in [0, 0.1) is 13.8 Å². The van der Waals surface area contributed by atoms with Crippen LogP contribution < -0.4 is 5.73 Å². The second kappa shape index (κ2) is 5.40. The number of rotatable bonds is 2. The number of nitrogens with zero attached hydrogens (tertiary/aromatic N) is 3. The Morgan fingerprint density at radius 2 is 2.00 bits per heavy atom. The quantitative estimate of drug-likeness (QED) is 0.860. The van der Waals surface area contributed by atoms with Gasteiger partial charge in [-0.1, -0.05) is 17.7 Å². The standard InChI is InChI=1S/C13H12ClF3N4/c1-7-6-21(12(18)20-7)19-5-9-3-4-10(13(15,16)17)8(2)11(9)14/h3-6H,1-2H3,(H2,18,20). The van der Waals surface area contributed by atoms with E-state index in [1.807, 2.05) is 0 Å². The van der Waals surface area contributed by atoms with Crippen molar-refractivity contribution in [3.63, 3.8) is 0 Å². The molecule has 0 aliphatic heterocycles. The van der Waals surface area contributed by atoms with E-state index in [2.05, 4.69) is 10.1 Å². The Balaban J connectivity index is 2.38. The first kappa shape index (κ1) is 15.4. The summed E-state index contributed by atoms with van der Waals surface area (Å²) in [6.45, 7) is 3.07. The molecule has 0 aliphatic carbocycles. The van der Waals surface area contributed by atoms with E-state index in [0.29, 0.717) is 11.3 Å². The molecule has 1 heterocycles. The number of aromatic nitrogens is 2. The molecule has 0 atom stereocenters. The van der Waals surface area contributed by atoms with E-state index < -0.39 is 11.7 Å². The van der Waals surface area contributed by atoms with Crippen molar-refractivity contribution in [1.29, 1.82) is 0 Å². The van der Waals surface area contributed by atoms with Crippen LogP contribution in [-0.2, 0) is 6.18 Å². The van der Waals surface area contributed by atoms with Crippen molar-refractivity contribution in [3.05, 3.63) is 45.7 Å². The molecule has 0 unspecified atom stereocenters. The number of nitrogen functional groups attached to an aromatic ring is 1. The molecule has 0 fully saturated rings. The van der Waals surface area contributed by atoms with Gasteiger partial charge in [-0.2, -0.15) is 18.3 Å². The summed E-state index contributed by atoms with van der Waals surface area (Å²) in [5.41, 5.74) is 5.86. The molecule has 0 bridgehead atoms. The third-order valence-corrected chi connectivity index (χ3v) is 3.38. The zero-order valence-corrected chi connectivity index (χ0v) is 12.0. The molecule has 1 aromatic heterocycles. The maximum absolute atomic E-state index is 12.7. The average molecular weight is 317 g/mol. The van der Waals surface area contributed by atoms with Gasteiger partial charge in [0.05, 0.1) is 28.7 Å². The Morgan fingerprint density at radius 3 is 2.52 bits per heavy atom. The first-order valence-electron chi connectivity index (χ1n) is 5.92. The summed E-state index contributed by atoms with van der Waals surface area (Å²) in [7, 11) is 0. The Morgan fingerprint density at radius 1 is 1.33 bits per heavy atom. The maximum Gasteiger partial charge on any atom is 0.416 e. The lowest BCUT2D eigenvalue weighted by atomic mass is 10.1. The molecule has 2 rings (SSSR count). The largest absolute Gasteiger partial charge is 0.416 e. The number of hydrogen-bond donors (Lipinski definition) is 1. The van der Waals surface area contributed by atoms with Gasteiger partial charge in [0.25, 0.3) is 0 Å². The number of anilines is 1. The van der Waals surface area contributed by atoms with Crippen LogP contribution in [0.25, 0.3) is 0 Å². The van der Waals surface area contributed by atoms with Crippen molar-refractivity contribution in [2.75, 3.05) is 5.73 Å². The average Bonchev–Trinajstić information content (AvgIpc) is 2.68. The molecule has 0 saturated carbocycles. The minimum Gasteiger partial charge on any atom is -0.368 e. The fourth-order valence-corrected chi connectivity index (χ4v) is 2.05. The SMILES string of the molecule is Cc1cn(N=Cc2ccc(C(F)(F)F)c(C)c2Cl)c(N)n1. The number of nitrogens with two attached hydrogens (primary N) is 1. The molecule has 1 aromatic carbocycles. The van der Waals surface area contributed by atoms with Crippen LogP contribution >= 0.6 is 11.6 Å². The second-order valence-electron chi connectivity index (χ2n) is 4.47. The minimum atomic E-state index is -4.44. The normalized spacial score (nSPS) is 12.3. The van der Waals surface area contributed by atoms with E-state index >= 15 is 0 Å². The highest BCUT2D eigenvalue weighted by molar-refractivity contribution is 6.34. The number of benzene rings is 1. The Kier molecular flexibility index (Phi) is 3.95. The van der Waals surface area contributed by atoms with E-state index in [1.54, 1.807) is 13.1 Å². The van der Waals surface area contributed by atoms with Gasteiger partial charge in [-0.05, 0) is 25.5 Å². The molecule has 2 aromatic rings. The van der Waals surface area contributed by atoms with Crippen LogP contribution in [0.3, 0.4) is 0 Å². The highest BCUT2D eigenvalue weighted by Crippen LogP contribution is 2.35. The Hall–Kier alpha value is -2.02. The van der Waals surface area contributed by atoms with E-state index in [-0.39, 0.29) is 16.5 Å². The number of halogens is 4. The molecular weight excluding hydrogens is 305 g/mol. The number of imidazole rings is 1. The van der Waals surface area contributed by atoms with Gasteiger partial charge in [-0.3, -0.25) is 0 Å². The molecule has 0 aliphatic rings. The highest BCUT2D eigenvalue weighted by atomic mass is 35.5. The highest BCUT2D eigenvalue weighted by Gasteiger charge is 2.33. The Labute approximate surface area is 124 Å². The third-order valence-electron chi connectivity index (χ3n) is 2.88. The Bertz CT molecular complexity index is 704. The van der Waals surface area contributed by atoms with Gasteiger partial charge >= 0.3 is 6.18 Å². The second-order valence-corrected chi connectivity index (χ2v) is 4.85. The molecule has 0 radical (unpaired) electrons. The zero-order chi connectivity index (χ0) is 15.8. The van der Waals surface area contributed by atoms with Gasteiger partial charge in [0.1, 0.15) is 0 Å². The van der Waals surface area contributed by atoms with Crippen molar-refractivity contribution in [2.45, 2.75) is 20.0 Å². The molecule has 21 heavy (non-hydrogen) atoms. The molecule has 2 N–H and O–H groups in total.